The van der Waals surface area contributed by atoms with Crippen molar-refractivity contribution in [2.24, 2.45) is 11.7 Å². The van der Waals surface area contributed by atoms with Gasteiger partial charge in [0.05, 0.1) is 12.5 Å². The van der Waals surface area contributed by atoms with Crippen LogP contribution in [0, 0.1) is 17.2 Å². The lowest BCUT2D eigenvalue weighted by Crippen LogP contribution is -2.36. The van der Waals surface area contributed by atoms with Gasteiger partial charge in [0.25, 0.3) is 0 Å². The molecule has 0 spiro atoms. The van der Waals surface area contributed by atoms with Crippen molar-refractivity contribution in [3.63, 3.8) is 0 Å². The number of hydrogen-bond donors (Lipinski definition) is 1. The summed E-state index contributed by atoms with van der Waals surface area (Å²) in [6.07, 6.45) is 0.991. The molecule has 0 aliphatic rings. The van der Waals surface area contributed by atoms with Gasteiger partial charge in [-0.25, -0.2) is 0 Å². The van der Waals surface area contributed by atoms with Crippen LogP contribution >= 0.6 is 0 Å². The van der Waals surface area contributed by atoms with Crippen molar-refractivity contribution in [1.29, 1.82) is 5.26 Å². The fourth-order valence-corrected chi connectivity index (χ4v) is 1.78. The number of amides is 1. The molecule has 4 heteroatoms. The van der Waals surface area contributed by atoms with Gasteiger partial charge in [-0.15, -0.1) is 0 Å². The maximum atomic E-state index is 12.3. The first-order valence-electron chi connectivity index (χ1n) is 6.14. The van der Waals surface area contributed by atoms with Crippen molar-refractivity contribution < 1.29 is 4.79 Å². The molecule has 1 unspecified atom stereocenters. The van der Waals surface area contributed by atoms with Crippen LogP contribution in [0.5, 0.6) is 0 Å². The van der Waals surface area contributed by atoms with Crippen molar-refractivity contribution in [3.8, 4) is 6.07 Å². The molecule has 0 aliphatic heterocycles. The molecule has 1 aromatic carbocycles. The van der Waals surface area contributed by atoms with Gasteiger partial charge in [0, 0.05) is 18.2 Å². The van der Waals surface area contributed by atoms with Crippen molar-refractivity contribution in [1.82, 2.24) is 0 Å². The summed E-state index contributed by atoms with van der Waals surface area (Å²) < 4.78 is 0. The standard InChI is InChI=1S/C14H19N3O/c1-12(8-10-16)14(18)17(11-5-9-15)13-6-3-2-4-7-13/h2-4,6-7,12H,5,8,10-11,16H2,1H3. The highest BCUT2D eigenvalue weighted by atomic mass is 16.2. The number of hydrogen-bond acceptors (Lipinski definition) is 3. The Balaban J connectivity index is 2.85. The highest BCUT2D eigenvalue weighted by Gasteiger charge is 2.20. The summed E-state index contributed by atoms with van der Waals surface area (Å²) in [5.74, 6) is -0.0872. The first kappa shape index (κ1) is 14.2. The first-order valence-corrected chi connectivity index (χ1v) is 6.14. The Hall–Kier alpha value is -1.86. The molecule has 1 amide bonds. The number of nitrogens with two attached hydrogens (primary N) is 1. The molecule has 1 rings (SSSR count). The summed E-state index contributed by atoms with van der Waals surface area (Å²) in [6.45, 7) is 2.79. The third kappa shape index (κ3) is 3.86. The maximum Gasteiger partial charge on any atom is 0.229 e. The Kier molecular flexibility index (Phi) is 5.89. The van der Waals surface area contributed by atoms with E-state index in [4.69, 9.17) is 11.0 Å². The number of nitrogens with zero attached hydrogens (tertiary/aromatic N) is 2. The molecule has 0 aromatic heterocycles. The molecule has 0 saturated heterocycles. The van der Waals surface area contributed by atoms with Gasteiger partial charge in [0.2, 0.25) is 5.91 Å². The highest BCUT2D eigenvalue weighted by Crippen LogP contribution is 2.17. The van der Waals surface area contributed by atoms with E-state index >= 15 is 0 Å². The van der Waals surface area contributed by atoms with Crippen LogP contribution in [0.4, 0.5) is 5.69 Å². The largest absolute Gasteiger partial charge is 0.330 e. The molecule has 0 saturated carbocycles. The quantitative estimate of drug-likeness (QED) is 0.832. The minimum Gasteiger partial charge on any atom is -0.330 e. The van der Waals surface area contributed by atoms with Gasteiger partial charge in [-0.05, 0) is 25.1 Å². The zero-order valence-corrected chi connectivity index (χ0v) is 10.7. The van der Waals surface area contributed by atoms with Crippen molar-refractivity contribution >= 4 is 11.6 Å². The second kappa shape index (κ2) is 7.46. The molecule has 0 radical (unpaired) electrons. The zero-order valence-electron chi connectivity index (χ0n) is 10.7. The number of para-hydroxylation sites is 1. The lowest BCUT2D eigenvalue weighted by molar-refractivity contribution is -0.122. The lowest BCUT2D eigenvalue weighted by atomic mass is 10.1. The average molecular weight is 245 g/mol. The van der Waals surface area contributed by atoms with E-state index in [0.717, 1.165) is 5.69 Å². The number of nitriles is 1. The summed E-state index contributed by atoms with van der Waals surface area (Å²) in [6, 6.07) is 11.5. The van der Waals surface area contributed by atoms with Crippen LogP contribution in [0.1, 0.15) is 19.8 Å². The normalized spacial score (nSPS) is 11.6. The van der Waals surface area contributed by atoms with Gasteiger partial charge in [-0.1, -0.05) is 25.1 Å². The minimum absolute atomic E-state index is 0.0295. The van der Waals surface area contributed by atoms with Crippen LogP contribution in [0.2, 0.25) is 0 Å². The molecule has 0 aliphatic carbocycles. The molecule has 0 bridgehead atoms. The number of carbonyl (C=O) groups excluding carboxylic acids is 1. The topological polar surface area (TPSA) is 70.1 Å². The van der Waals surface area contributed by atoms with Crippen molar-refractivity contribution in [3.05, 3.63) is 30.3 Å². The molecule has 4 nitrogen and oxygen atoms in total. The summed E-state index contributed by atoms with van der Waals surface area (Å²) in [4.78, 5) is 14.0. The Morgan fingerprint density at radius 3 is 2.67 bits per heavy atom. The smallest absolute Gasteiger partial charge is 0.229 e. The fourth-order valence-electron chi connectivity index (χ4n) is 1.78. The summed E-state index contributed by atoms with van der Waals surface area (Å²) in [5, 5.41) is 8.68. The van der Waals surface area contributed by atoms with Crippen LogP contribution in [-0.2, 0) is 4.79 Å². The number of anilines is 1. The van der Waals surface area contributed by atoms with E-state index in [2.05, 4.69) is 6.07 Å². The highest BCUT2D eigenvalue weighted by molar-refractivity contribution is 5.94. The van der Waals surface area contributed by atoms with Gasteiger partial charge < -0.3 is 10.6 Å². The van der Waals surface area contributed by atoms with Crippen LogP contribution in [-0.4, -0.2) is 19.0 Å². The van der Waals surface area contributed by atoms with Crippen LogP contribution < -0.4 is 10.6 Å². The molecule has 1 atom stereocenters. The Labute approximate surface area is 108 Å². The van der Waals surface area contributed by atoms with Crippen molar-refractivity contribution in [2.75, 3.05) is 18.0 Å². The molecule has 0 fully saturated rings. The SMILES string of the molecule is CC(CCN)C(=O)N(CCC#N)c1ccccc1. The Bertz CT molecular complexity index is 411. The molecular formula is C14H19N3O. The van der Waals surface area contributed by atoms with E-state index in [-0.39, 0.29) is 11.8 Å². The molecule has 2 N–H and O–H groups in total. The molecule has 0 heterocycles. The van der Waals surface area contributed by atoms with Gasteiger partial charge in [-0.2, -0.15) is 5.26 Å². The Morgan fingerprint density at radius 1 is 1.44 bits per heavy atom. The maximum absolute atomic E-state index is 12.3. The molecule has 96 valence electrons. The van der Waals surface area contributed by atoms with Crippen LogP contribution in [0.15, 0.2) is 30.3 Å². The Morgan fingerprint density at radius 2 is 2.11 bits per heavy atom. The second-order valence-electron chi connectivity index (χ2n) is 4.21. The van der Waals surface area contributed by atoms with E-state index in [1.165, 1.54) is 0 Å². The number of rotatable bonds is 6. The van der Waals surface area contributed by atoms with Crippen LogP contribution in [0.25, 0.3) is 0 Å². The van der Waals surface area contributed by atoms with Crippen LogP contribution in [0.3, 0.4) is 0 Å². The van der Waals surface area contributed by atoms with E-state index < -0.39 is 0 Å². The second-order valence-corrected chi connectivity index (χ2v) is 4.21. The minimum atomic E-state index is -0.117. The fraction of sp³-hybridized carbons (Fsp3) is 0.429. The van der Waals surface area contributed by atoms with Gasteiger partial charge in [-0.3, -0.25) is 4.79 Å². The van der Waals surface area contributed by atoms with Gasteiger partial charge >= 0.3 is 0 Å². The first-order chi connectivity index (χ1) is 8.70. The monoisotopic (exact) mass is 245 g/mol. The predicted octanol–water partition coefficient (Wildman–Crippen LogP) is 1.92. The summed E-state index contributed by atoms with van der Waals surface area (Å²) >= 11 is 0. The predicted molar refractivity (Wildman–Crippen MR) is 71.9 cm³/mol. The average Bonchev–Trinajstić information content (AvgIpc) is 2.40. The summed E-state index contributed by atoms with van der Waals surface area (Å²) in [5.41, 5.74) is 6.32. The van der Waals surface area contributed by atoms with Crippen molar-refractivity contribution in [2.45, 2.75) is 19.8 Å². The number of carbonyl (C=O) groups is 1. The molecule has 1 aromatic rings. The van der Waals surface area contributed by atoms with E-state index in [0.29, 0.717) is 25.9 Å². The van der Waals surface area contributed by atoms with E-state index in [9.17, 15) is 4.79 Å². The number of benzene rings is 1. The zero-order chi connectivity index (χ0) is 13.4. The van der Waals surface area contributed by atoms with E-state index in [1.807, 2.05) is 37.3 Å². The third-order valence-electron chi connectivity index (χ3n) is 2.80. The van der Waals surface area contributed by atoms with E-state index in [1.54, 1.807) is 4.90 Å². The van der Waals surface area contributed by atoms with Gasteiger partial charge in [0.1, 0.15) is 0 Å². The third-order valence-corrected chi connectivity index (χ3v) is 2.80. The lowest BCUT2D eigenvalue weighted by Gasteiger charge is -2.25. The summed E-state index contributed by atoms with van der Waals surface area (Å²) in [7, 11) is 0. The molecular weight excluding hydrogens is 226 g/mol. The molecule has 18 heavy (non-hydrogen) atoms. The van der Waals surface area contributed by atoms with Gasteiger partial charge in [0.15, 0.2) is 0 Å².